The Kier molecular flexibility index (Phi) is 6.12. The molecular formula is C29H30N2O4. The fraction of sp³-hybridized carbons (Fsp3) is 0.276. The Hall–Kier alpha value is -3.93. The van der Waals surface area contributed by atoms with Gasteiger partial charge in [0, 0.05) is 30.7 Å². The van der Waals surface area contributed by atoms with Crippen molar-refractivity contribution in [3.63, 3.8) is 0 Å². The van der Waals surface area contributed by atoms with E-state index in [-0.39, 0.29) is 11.9 Å². The van der Waals surface area contributed by atoms with E-state index in [1.165, 1.54) is 5.56 Å². The van der Waals surface area contributed by atoms with Crippen LogP contribution in [0.4, 0.5) is 0 Å². The van der Waals surface area contributed by atoms with E-state index in [1.54, 1.807) is 21.3 Å². The average molecular weight is 471 g/mol. The monoisotopic (exact) mass is 470 g/mol. The highest BCUT2D eigenvalue weighted by Gasteiger charge is 2.34. The summed E-state index contributed by atoms with van der Waals surface area (Å²) >= 11 is 0. The van der Waals surface area contributed by atoms with E-state index in [2.05, 4.69) is 18.2 Å². The summed E-state index contributed by atoms with van der Waals surface area (Å²) in [5, 5.41) is 0.973. The molecule has 35 heavy (non-hydrogen) atoms. The number of amides is 1. The second kappa shape index (κ2) is 9.37. The Morgan fingerprint density at radius 2 is 1.66 bits per heavy atom. The van der Waals surface area contributed by atoms with Gasteiger partial charge < -0.3 is 23.7 Å². The van der Waals surface area contributed by atoms with Gasteiger partial charge >= 0.3 is 0 Å². The van der Waals surface area contributed by atoms with Gasteiger partial charge in [0.15, 0.2) is 11.5 Å². The highest BCUT2D eigenvalue weighted by atomic mass is 16.5. The molecular weight excluding hydrogens is 440 g/mol. The Bertz CT molecular complexity index is 1370. The van der Waals surface area contributed by atoms with Crippen LogP contribution in [0.25, 0.3) is 10.9 Å². The Labute approximate surface area is 205 Å². The van der Waals surface area contributed by atoms with Crippen LogP contribution in [0.15, 0.2) is 66.9 Å². The number of aromatic nitrogens is 1. The van der Waals surface area contributed by atoms with Crippen LogP contribution in [0, 0.1) is 0 Å². The molecule has 1 atom stereocenters. The lowest BCUT2D eigenvalue weighted by molar-refractivity contribution is 0.0661. The smallest absolute Gasteiger partial charge is 0.256 e. The molecule has 1 aliphatic heterocycles. The van der Waals surface area contributed by atoms with Crippen LogP contribution >= 0.6 is 0 Å². The minimum atomic E-state index is -0.140. The van der Waals surface area contributed by atoms with Crippen LogP contribution in [0.2, 0.25) is 0 Å². The van der Waals surface area contributed by atoms with E-state index in [9.17, 15) is 4.79 Å². The zero-order valence-electron chi connectivity index (χ0n) is 20.6. The van der Waals surface area contributed by atoms with Crippen molar-refractivity contribution in [3.05, 3.63) is 89.1 Å². The summed E-state index contributed by atoms with van der Waals surface area (Å²) in [6, 6.07) is 20.0. The number of hydrogen-bond donors (Lipinski definition) is 0. The lowest BCUT2D eigenvalue weighted by atomic mass is 9.87. The summed E-state index contributed by atoms with van der Waals surface area (Å²) in [6.07, 6.45) is 3.38. The maximum absolute atomic E-state index is 14.1. The van der Waals surface area contributed by atoms with Crippen LogP contribution in [-0.2, 0) is 19.9 Å². The Morgan fingerprint density at radius 1 is 0.943 bits per heavy atom. The summed E-state index contributed by atoms with van der Waals surface area (Å²) in [7, 11) is 6.94. The van der Waals surface area contributed by atoms with Gasteiger partial charge in [-0.2, -0.15) is 0 Å². The van der Waals surface area contributed by atoms with E-state index in [1.807, 2.05) is 65.2 Å². The van der Waals surface area contributed by atoms with Gasteiger partial charge in [-0.1, -0.05) is 30.3 Å². The summed E-state index contributed by atoms with van der Waals surface area (Å²) < 4.78 is 18.5. The fourth-order valence-corrected chi connectivity index (χ4v) is 5.14. The molecule has 180 valence electrons. The minimum absolute atomic E-state index is 0.0424. The number of carbonyl (C=O) groups excluding carboxylic acids is 1. The van der Waals surface area contributed by atoms with Crippen LogP contribution in [0.3, 0.4) is 0 Å². The zero-order valence-corrected chi connectivity index (χ0v) is 20.6. The van der Waals surface area contributed by atoms with Crippen molar-refractivity contribution in [2.45, 2.75) is 18.9 Å². The molecule has 6 heteroatoms. The number of carbonyl (C=O) groups is 1. The van der Waals surface area contributed by atoms with Gasteiger partial charge in [0.2, 0.25) is 0 Å². The van der Waals surface area contributed by atoms with Gasteiger partial charge in [0.25, 0.3) is 5.91 Å². The number of nitrogens with zero attached hydrogens (tertiary/aromatic N) is 2. The van der Waals surface area contributed by atoms with Crippen LogP contribution in [0.5, 0.6) is 17.2 Å². The third-order valence-corrected chi connectivity index (χ3v) is 6.98. The van der Waals surface area contributed by atoms with Gasteiger partial charge in [0.05, 0.1) is 32.9 Å². The first kappa shape index (κ1) is 22.8. The molecule has 1 aliphatic rings. The summed E-state index contributed by atoms with van der Waals surface area (Å²) in [5.74, 6) is 2.24. The van der Waals surface area contributed by atoms with E-state index in [0.29, 0.717) is 24.5 Å². The molecule has 0 saturated carbocycles. The number of fused-ring (bicyclic) bond motifs is 2. The summed E-state index contributed by atoms with van der Waals surface area (Å²) in [4.78, 5) is 16.1. The largest absolute Gasteiger partial charge is 0.497 e. The first-order valence-electron chi connectivity index (χ1n) is 11.8. The summed E-state index contributed by atoms with van der Waals surface area (Å²) in [6.45, 7) is 0.630. The van der Waals surface area contributed by atoms with Gasteiger partial charge in [-0.25, -0.2) is 0 Å². The maximum atomic E-state index is 14.1. The van der Waals surface area contributed by atoms with E-state index >= 15 is 0 Å². The molecule has 0 spiro atoms. The van der Waals surface area contributed by atoms with Crippen LogP contribution in [-0.4, -0.2) is 43.2 Å². The van der Waals surface area contributed by atoms with Crippen LogP contribution < -0.4 is 14.2 Å². The molecule has 4 aromatic rings. The first-order chi connectivity index (χ1) is 17.0. The van der Waals surface area contributed by atoms with Crippen molar-refractivity contribution in [1.29, 1.82) is 0 Å². The van der Waals surface area contributed by atoms with Crippen molar-refractivity contribution in [2.24, 2.45) is 7.05 Å². The van der Waals surface area contributed by atoms with E-state index in [0.717, 1.165) is 39.8 Å². The van der Waals surface area contributed by atoms with Crippen molar-refractivity contribution >= 4 is 16.8 Å². The fourth-order valence-electron chi connectivity index (χ4n) is 5.14. The normalized spacial score (nSPS) is 15.1. The second-order valence-electron chi connectivity index (χ2n) is 8.89. The molecule has 6 nitrogen and oxygen atoms in total. The lowest BCUT2D eigenvalue weighted by Crippen LogP contribution is -2.41. The van der Waals surface area contributed by atoms with Gasteiger partial charge in [-0.15, -0.1) is 0 Å². The zero-order chi connectivity index (χ0) is 24.5. The first-order valence-corrected chi connectivity index (χ1v) is 11.8. The highest BCUT2D eigenvalue weighted by molar-refractivity contribution is 6.07. The summed E-state index contributed by atoms with van der Waals surface area (Å²) in [5.41, 5.74) is 5.19. The number of aryl methyl sites for hydroxylation is 1. The highest BCUT2D eigenvalue weighted by Crippen LogP contribution is 2.40. The number of benzene rings is 3. The maximum Gasteiger partial charge on any atom is 0.256 e. The predicted octanol–water partition coefficient (Wildman–Crippen LogP) is 5.19. The molecule has 0 fully saturated rings. The lowest BCUT2D eigenvalue weighted by Gasteiger charge is -2.38. The van der Waals surface area contributed by atoms with Crippen molar-refractivity contribution in [1.82, 2.24) is 9.47 Å². The van der Waals surface area contributed by atoms with Crippen LogP contribution in [0.1, 0.15) is 33.1 Å². The number of methoxy groups -OCH3 is 3. The molecule has 0 saturated heterocycles. The van der Waals surface area contributed by atoms with E-state index < -0.39 is 0 Å². The molecule has 1 unspecified atom stereocenters. The Morgan fingerprint density at radius 3 is 2.37 bits per heavy atom. The third kappa shape index (κ3) is 4.09. The van der Waals surface area contributed by atoms with Crippen molar-refractivity contribution in [2.75, 3.05) is 27.9 Å². The van der Waals surface area contributed by atoms with Gasteiger partial charge in [0.1, 0.15) is 5.75 Å². The number of rotatable bonds is 6. The van der Waals surface area contributed by atoms with Gasteiger partial charge in [-0.3, -0.25) is 4.79 Å². The molecule has 0 bridgehead atoms. The molecule has 5 rings (SSSR count). The number of ether oxygens (including phenoxy) is 3. The van der Waals surface area contributed by atoms with Gasteiger partial charge in [-0.05, 0) is 59.9 Å². The minimum Gasteiger partial charge on any atom is -0.497 e. The molecule has 3 aromatic carbocycles. The topological polar surface area (TPSA) is 52.9 Å². The molecule has 1 amide bonds. The standard InChI is InChI=1S/C29H30N2O4/c1-30-18-24(22-7-5-6-8-25(22)30)29(32)31-14-13-20-16-27(34-3)28(35-4)17-23(20)26(31)15-19-9-11-21(33-2)12-10-19/h5-12,16-18,26H,13-15H2,1-4H3. The average Bonchev–Trinajstić information content (AvgIpc) is 3.24. The number of hydrogen-bond acceptors (Lipinski definition) is 4. The molecule has 1 aromatic heterocycles. The Balaban J connectivity index is 1.59. The molecule has 0 N–H and O–H groups in total. The van der Waals surface area contributed by atoms with Crippen molar-refractivity contribution < 1.29 is 19.0 Å². The number of para-hydroxylation sites is 1. The molecule has 0 aliphatic carbocycles. The van der Waals surface area contributed by atoms with Crippen molar-refractivity contribution in [3.8, 4) is 17.2 Å². The SMILES string of the molecule is COc1ccc(CC2c3cc(OC)c(OC)cc3CCN2C(=O)c2cn(C)c3ccccc23)cc1. The molecule has 2 heterocycles. The third-order valence-electron chi connectivity index (χ3n) is 6.98. The van der Waals surface area contributed by atoms with E-state index in [4.69, 9.17) is 14.2 Å². The quantitative estimate of drug-likeness (QED) is 0.389. The second-order valence-corrected chi connectivity index (χ2v) is 8.89. The molecule has 0 radical (unpaired) electrons. The predicted molar refractivity (Wildman–Crippen MR) is 137 cm³/mol.